The van der Waals surface area contributed by atoms with Crippen molar-refractivity contribution in [2.24, 2.45) is 0 Å². The van der Waals surface area contributed by atoms with E-state index in [1.165, 1.54) is 21.8 Å². The molecular formula is C47H28N2O2. The minimum atomic E-state index is 0.855. The van der Waals surface area contributed by atoms with E-state index >= 15 is 0 Å². The lowest BCUT2D eigenvalue weighted by Gasteiger charge is -2.13. The number of hydrogen-bond donors (Lipinski definition) is 0. The van der Waals surface area contributed by atoms with E-state index in [9.17, 15) is 0 Å². The standard InChI is InChI=1S/C47H28N2O2/c1-2-10-29(11-3-1)37-27-41(48-28-40(37)30-18-22-45-38(24-30)35-14-6-9-17-44(35)50-45)31-19-23-46-39(25-31)36-21-20-32(26-47(36)51-46)49-42-15-7-4-12-33(42)34-13-5-8-16-43(34)49/h1-28H. The molecule has 51 heavy (non-hydrogen) atoms. The largest absolute Gasteiger partial charge is 0.456 e. The first-order valence-electron chi connectivity index (χ1n) is 17.2. The number of benzene rings is 7. The zero-order valence-corrected chi connectivity index (χ0v) is 27.4. The van der Waals surface area contributed by atoms with Crippen molar-refractivity contribution in [3.05, 3.63) is 170 Å². The lowest BCUT2D eigenvalue weighted by molar-refractivity contribution is 0.668. The summed E-state index contributed by atoms with van der Waals surface area (Å²) in [6, 6.07) is 57.5. The van der Waals surface area contributed by atoms with E-state index in [2.05, 4.69) is 156 Å². The highest BCUT2D eigenvalue weighted by atomic mass is 16.3. The molecule has 0 fully saturated rings. The van der Waals surface area contributed by atoms with Gasteiger partial charge in [0.25, 0.3) is 0 Å². The van der Waals surface area contributed by atoms with Crippen LogP contribution in [0.3, 0.4) is 0 Å². The first-order chi connectivity index (χ1) is 25.3. The van der Waals surface area contributed by atoms with E-state index in [1.807, 2.05) is 18.3 Å². The van der Waals surface area contributed by atoms with Crippen LogP contribution in [0.25, 0.3) is 105 Å². The van der Waals surface area contributed by atoms with Gasteiger partial charge in [-0.1, -0.05) is 91.0 Å². The maximum absolute atomic E-state index is 6.49. The van der Waals surface area contributed by atoms with Crippen molar-refractivity contribution in [1.29, 1.82) is 0 Å². The lowest BCUT2D eigenvalue weighted by atomic mass is 9.93. The molecule has 0 radical (unpaired) electrons. The predicted molar refractivity (Wildman–Crippen MR) is 209 cm³/mol. The molecule has 0 saturated heterocycles. The molecule has 0 unspecified atom stereocenters. The molecule has 11 rings (SSSR count). The third-order valence-corrected chi connectivity index (χ3v) is 10.3. The maximum Gasteiger partial charge on any atom is 0.137 e. The van der Waals surface area contributed by atoms with Gasteiger partial charge in [-0.25, -0.2) is 0 Å². The summed E-state index contributed by atoms with van der Waals surface area (Å²) in [4.78, 5) is 5.06. The van der Waals surface area contributed by atoms with Gasteiger partial charge < -0.3 is 13.4 Å². The van der Waals surface area contributed by atoms with Crippen molar-refractivity contribution >= 4 is 65.7 Å². The molecule has 7 aromatic carbocycles. The fourth-order valence-electron chi connectivity index (χ4n) is 7.86. The van der Waals surface area contributed by atoms with Crippen LogP contribution >= 0.6 is 0 Å². The van der Waals surface area contributed by atoms with Gasteiger partial charge in [-0.15, -0.1) is 0 Å². The second-order valence-corrected chi connectivity index (χ2v) is 13.2. The summed E-state index contributed by atoms with van der Waals surface area (Å²) in [6.45, 7) is 0. The van der Waals surface area contributed by atoms with Crippen LogP contribution in [-0.2, 0) is 0 Å². The molecule has 0 atom stereocenters. The molecule has 11 aromatic rings. The smallest absolute Gasteiger partial charge is 0.137 e. The van der Waals surface area contributed by atoms with Gasteiger partial charge in [-0.05, 0) is 83.4 Å². The van der Waals surface area contributed by atoms with Crippen LogP contribution in [0.2, 0.25) is 0 Å². The fraction of sp³-hybridized carbons (Fsp3) is 0. The SMILES string of the molecule is c1ccc(-c2cc(-c3ccc4oc5cc(-n6c7ccccc7c7ccccc76)ccc5c4c3)ncc2-c2ccc3oc4ccccc4c3c2)cc1. The van der Waals surface area contributed by atoms with Gasteiger partial charge in [-0.2, -0.15) is 0 Å². The van der Waals surface area contributed by atoms with E-state index in [-0.39, 0.29) is 0 Å². The van der Waals surface area contributed by atoms with Gasteiger partial charge >= 0.3 is 0 Å². The Kier molecular flexibility index (Phi) is 5.92. The number of furan rings is 2. The zero-order valence-electron chi connectivity index (χ0n) is 27.4. The maximum atomic E-state index is 6.49. The third kappa shape index (κ3) is 4.30. The summed E-state index contributed by atoms with van der Waals surface area (Å²) in [5, 5.41) is 6.85. The summed E-state index contributed by atoms with van der Waals surface area (Å²) in [5.41, 5.74) is 13.3. The highest BCUT2D eigenvalue weighted by Crippen LogP contribution is 2.40. The minimum absolute atomic E-state index is 0.855. The number of nitrogens with zero attached hydrogens (tertiary/aromatic N) is 2. The van der Waals surface area contributed by atoms with Crippen molar-refractivity contribution in [2.75, 3.05) is 0 Å². The van der Waals surface area contributed by atoms with Gasteiger partial charge in [-0.3, -0.25) is 4.98 Å². The topological polar surface area (TPSA) is 44.1 Å². The first-order valence-corrected chi connectivity index (χ1v) is 17.2. The van der Waals surface area contributed by atoms with Crippen LogP contribution in [0.5, 0.6) is 0 Å². The van der Waals surface area contributed by atoms with Crippen molar-refractivity contribution in [3.63, 3.8) is 0 Å². The number of rotatable bonds is 4. The number of pyridine rings is 1. The van der Waals surface area contributed by atoms with Gasteiger partial charge in [0.1, 0.15) is 22.3 Å². The van der Waals surface area contributed by atoms with E-state index in [1.54, 1.807) is 0 Å². The Hall–Kier alpha value is -6.91. The molecule has 0 aliphatic rings. The van der Waals surface area contributed by atoms with Crippen molar-refractivity contribution in [3.8, 4) is 39.2 Å². The monoisotopic (exact) mass is 652 g/mol. The zero-order chi connectivity index (χ0) is 33.5. The molecular weight excluding hydrogens is 625 g/mol. The Labute approximate surface area is 292 Å². The van der Waals surface area contributed by atoms with E-state index in [0.29, 0.717) is 0 Å². The van der Waals surface area contributed by atoms with Gasteiger partial charge in [0.05, 0.1) is 16.7 Å². The molecule has 0 bridgehead atoms. The van der Waals surface area contributed by atoms with E-state index < -0.39 is 0 Å². The van der Waals surface area contributed by atoms with Crippen LogP contribution in [0.4, 0.5) is 0 Å². The molecule has 4 heterocycles. The molecule has 0 saturated carbocycles. The molecule has 4 aromatic heterocycles. The van der Waals surface area contributed by atoms with Crippen LogP contribution in [-0.4, -0.2) is 9.55 Å². The van der Waals surface area contributed by atoms with Crippen LogP contribution in [0.15, 0.2) is 179 Å². The summed E-state index contributed by atoms with van der Waals surface area (Å²) in [6.07, 6.45) is 2.01. The van der Waals surface area contributed by atoms with Crippen LogP contribution in [0, 0.1) is 0 Å². The Morgan fingerprint density at radius 1 is 0.373 bits per heavy atom. The summed E-state index contributed by atoms with van der Waals surface area (Å²) in [7, 11) is 0. The predicted octanol–water partition coefficient (Wildman–Crippen LogP) is 13.0. The number of aromatic nitrogens is 2. The number of hydrogen-bond acceptors (Lipinski definition) is 3. The summed E-state index contributed by atoms with van der Waals surface area (Å²) >= 11 is 0. The van der Waals surface area contributed by atoms with Gasteiger partial charge in [0.2, 0.25) is 0 Å². The van der Waals surface area contributed by atoms with E-state index in [0.717, 1.165) is 83.1 Å². The Bertz CT molecular complexity index is 3090. The highest BCUT2D eigenvalue weighted by molar-refractivity contribution is 6.11. The van der Waals surface area contributed by atoms with Crippen LogP contribution < -0.4 is 0 Å². The molecule has 238 valence electrons. The molecule has 0 N–H and O–H groups in total. The van der Waals surface area contributed by atoms with Gasteiger partial charge in [0, 0.05) is 61.4 Å². The van der Waals surface area contributed by atoms with Crippen LogP contribution in [0.1, 0.15) is 0 Å². The highest BCUT2D eigenvalue weighted by Gasteiger charge is 2.17. The lowest BCUT2D eigenvalue weighted by Crippen LogP contribution is -1.93. The quantitative estimate of drug-likeness (QED) is 0.190. The average molecular weight is 653 g/mol. The molecule has 0 amide bonds. The average Bonchev–Trinajstić information content (AvgIpc) is 3.86. The van der Waals surface area contributed by atoms with Crippen molar-refractivity contribution in [2.45, 2.75) is 0 Å². The number of para-hydroxylation sites is 3. The number of fused-ring (bicyclic) bond motifs is 9. The Morgan fingerprint density at radius 3 is 1.73 bits per heavy atom. The summed E-state index contributed by atoms with van der Waals surface area (Å²) in [5.74, 6) is 0. The van der Waals surface area contributed by atoms with Gasteiger partial charge in [0.15, 0.2) is 0 Å². The molecule has 0 spiro atoms. The minimum Gasteiger partial charge on any atom is -0.456 e. The molecule has 4 heteroatoms. The first kappa shape index (κ1) is 28.0. The fourth-order valence-corrected chi connectivity index (χ4v) is 7.86. The second-order valence-electron chi connectivity index (χ2n) is 13.2. The third-order valence-electron chi connectivity index (χ3n) is 10.3. The van der Waals surface area contributed by atoms with Crippen molar-refractivity contribution in [1.82, 2.24) is 9.55 Å². The molecule has 4 nitrogen and oxygen atoms in total. The molecule has 0 aliphatic carbocycles. The second kappa shape index (κ2) is 10.8. The van der Waals surface area contributed by atoms with Crippen molar-refractivity contribution < 1.29 is 8.83 Å². The summed E-state index contributed by atoms with van der Waals surface area (Å²) < 4.78 is 14.9. The normalized spacial score (nSPS) is 11.9. The Morgan fingerprint density at radius 2 is 0.961 bits per heavy atom. The van der Waals surface area contributed by atoms with E-state index in [4.69, 9.17) is 13.8 Å². The molecule has 0 aliphatic heterocycles. The Balaban J connectivity index is 1.04.